The zero-order valence-electron chi connectivity index (χ0n) is 15.7. The Bertz CT molecular complexity index is 625. The van der Waals surface area contributed by atoms with Gasteiger partial charge in [0.2, 0.25) is 0 Å². The van der Waals surface area contributed by atoms with Crippen molar-refractivity contribution in [1.29, 1.82) is 0 Å². The molecule has 0 aliphatic rings. The highest BCUT2D eigenvalue weighted by molar-refractivity contribution is 5.35. The Labute approximate surface area is 151 Å². The molecule has 25 heavy (non-hydrogen) atoms. The largest absolute Gasteiger partial charge is 0.497 e. The zero-order chi connectivity index (χ0) is 18.1. The number of hydrogen-bond donors (Lipinski definition) is 0. The second kappa shape index (κ2) is 10.1. The molecule has 2 aromatic carbocycles. The molecule has 0 aliphatic carbocycles. The van der Waals surface area contributed by atoms with Gasteiger partial charge in [-0.3, -0.25) is 0 Å². The number of likely N-dealkylation sites (N-methyl/N-ethyl adjacent to an activating group) is 1. The Morgan fingerprint density at radius 3 is 2.28 bits per heavy atom. The van der Waals surface area contributed by atoms with Crippen molar-refractivity contribution in [1.82, 2.24) is 4.90 Å². The fraction of sp³-hybridized carbons (Fsp3) is 0.429. The van der Waals surface area contributed by atoms with Crippen molar-refractivity contribution >= 4 is 0 Å². The van der Waals surface area contributed by atoms with Gasteiger partial charge in [-0.2, -0.15) is 0 Å². The maximum absolute atomic E-state index is 6.04. The molecule has 0 spiro atoms. The van der Waals surface area contributed by atoms with Gasteiger partial charge in [-0.1, -0.05) is 30.3 Å². The molecule has 0 aromatic heterocycles. The first-order chi connectivity index (χ1) is 12.1. The van der Waals surface area contributed by atoms with E-state index in [0.717, 1.165) is 30.9 Å². The molecule has 4 nitrogen and oxygen atoms in total. The Balaban J connectivity index is 1.94. The Morgan fingerprint density at radius 2 is 1.64 bits per heavy atom. The highest BCUT2D eigenvalue weighted by Crippen LogP contribution is 2.21. The minimum absolute atomic E-state index is 0.0599. The second-order valence-electron chi connectivity index (χ2n) is 6.39. The van der Waals surface area contributed by atoms with E-state index >= 15 is 0 Å². The molecule has 4 heteroatoms. The van der Waals surface area contributed by atoms with Gasteiger partial charge < -0.3 is 19.1 Å². The van der Waals surface area contributed by atoms with Gasteiger partial charge in [0.05, 0.1) is 7.11 Å². The summed E-state index contributed by atoms with van der Waals surface area (Å²) >= 11 is 0. The summed E-state index contributed by atoms with van der Waals surface area (Å²) in [5.74, 6) is 1.83. The number of benzene rings is 2. The molecule has 0 N–H and O–H groups in total. The molecule has 0 fully saturated rings. The Morgan fingerprint density at radius 1 is 0.920 bits per heavy atom. The molecule has 0 aliphatic heterocycles. The van der Waals surface area contributed by atoms with Crippen LogP contribution >= 0.6 is 0 Å². The number of ether oxygens (including phenoxy) is 3. The van der Waals surface area contributed by atoms with Crippen molar-refractivity contribution in [3.8, 4) is 11.5 Å². The maximum Gasteiger partial charge on any atom is 0.122 e. The lowest BCUT2D eigenvalue weighted by Crippen LogP contribution is -2.32. The molecule has 2 aromatic rings. The van der Waals surface area contributed by atoms with Crippen LogP contribution < -0.4 is 9.47 Å². The summed E-state index contributed by atoms with van der Waals surface area (Å²) in [5.41, 5.74) is 2.51. The first-order valence-corrected chi connectivity index (χ1v) is 8.63. The van der Waals surface area contributed by atoms with E-state index in [0.29, 0.717) is 6.61 Å². The van der Waals surface area contributed by atoms with Crippen LogP contribution in [0.1, 0.15) is 11.1 Å². The molecule has 1 atom stereocenters. The summed E-state index contributed by atoms with van der Waals surface area (Å²) < 4.78 is 16.7. The van der Waals surface area contributed by atoms with Crippen molar-refractivity contribution in [3.63, 3.8) is 0 Å². The van der Waals surface area contributed by atoms with Gasteiger partial charge in [-0.05, 0) is 56.3 Å². The number of nitrogens with zero attached hydrogens (tertiary/aromatic N) is 1. The summed E-state index contributed by atoms with van der Waals surface area (Å²) in [6.45, 7) is 1.39. The molecule has 0 bridgehead atoms. The molecule has 0 unspecified atom stereocenters. The van der Waals surface area contributed by atoms with Gasteiger partial charge in [-0.25, -0.2) is 0 Å². The average Bonchev–Trinajstić information content (AvgIpc) is 2.64. The SMILES string of the molecule is COc1ccc(CCc2ccccc2OC[C@@H](CN(C)C)OC)cc1. The molecule has 0 amide bonds. The smallest absolute Gasteiger partial charge is 0.122 e. The van der Waals surface area contributed by atoms with E-state index in [4.69, 9.17) is 14.2 Å². The molecule has 2 rings (SSSR count). The van der Waals surface area contributed by atoms with E-state index in [-0.39, 0.29) is 6.10 Å². The van der Waals surface area contributed by atoms with Gasteiger partial charge in [0.1, 0.15) is 24.2 Å². The predicted octanol–water partition coefficient (Wildman–Crippen LogP) is 3.44. The molecule has 0 saturated heterocycles. The van der Waals surface area contributed by atoms with Gasteiger partial charge in [0.15, 0.2) is 0 Å². The monoisotopic (exact) mass is 343 g/mol. The molecule has 136 valence electrons. The quantitative estimate of drug-likeness (QED) is 0.661. The van der Waals surface area contributed by atoms with Crippen LogP contribution in [0.4, 0.5) is 0 Å². The number of aryl methyl sites for hydroxylation is 2. The van der Waals surface area contributed by atoms with Crippen LogP contribution in [0.2, 0.25) is 0 Å². The number of rotatable bonds is 10. The van der Waals surface area contributed by atoms with Gasteiger partial charge >= 0.3 is 0 Å². The van der Waals surface area contributed by atoms with Crippen LogP contribution in [0.25, 0.3) is 0 Å². The van der Waals surface area contributed by atoms with Crippen LogP contribution in [0.3, 0.4) is 0 Å². The van der Waals surface area contributed by atoms with E-state index in [1.54, 1.807) is 14.2 Å². The highest BCUT2D eigenvalue weighted by Gasteiger charge is 2.11. The lowest BCUT2D eigenvalue weighted by atomic mass is 10.0. The summed E-state index contributed by atoms with van der Waals surface area (Å²) in [4.78, 5) is 2.10. The predicted molar refractivity (Wildman–Crippen MR) is 102 cm³/mol. The van der Waals surface area contributed by atoms with Crippen molar-refractivity contribution < 1.29 is 14.2 Å². The van der Waals surface area contributed by atoms with E-state index < -0.39 is 0 Å². The standard InChI is InChI=1S/C21H29NO3/c1-22(2)15-20(24-4)16-25-21-8-6-5-7-18(21)12-9-17-10-13-19(23-3)14-11-17/h5-8,10-11,13-14,20H,9,12,15-16H2,1-4H3/t20-/m1/s1. The first-order valence-electron chi connectivity index (χ1n) is 8.63. The molecular formula is C21H29NO3. The summed E-state index contributed by atoms with van der Waals surface area (Å²) in [7, 11) is 7.49. The van der Waals surface area contributed by atoms with Crippen LogP contribution in [0.15, 0.2) is 48.5 Å². The third-order valence-electron chi connectivity index (χ3n) is 4.14. The van der Waals surface area contributed by atoms with Gasteiger partial charge in [-0.15, -0.1) is 0 Å². The number of para-hydroxylation sites is 1. The van der Waals surface area contributed by atoms with Crippen molar-refractivity contribution in [3.05, 3.63) is 59.7 Å². The van der Waals surface area contributed by atoms with E-state index in [1.165, 1.54) is 11.1 Å². The Kier molecular flexibility index (Phi) is 7.76. The van der Waals surface area contributed by atoms with E-state index in [9.17, 15) is 0 Å². The third-order valence-corrected chi connectivity index (χ3v) is 4.14. The lowest BCUT2D eigenvalue weighted by molar-refractivity contribution is 0.0396. The summed E-state index contributed by atoms with van der Waals surface area (Å²) in [5, 5.41) is 0. The minimum Gasteiger partial charge on any atom is -0.497 e. The van der Waals surface area contributed by atoms with Crippen molar-refractivity contribution in [2.45, 2.75) is 18.9 Å². The second-order valence-corrected chi connectivity index (χ2v) is 6.39. The topological polar surface area (TPSA) is 30.9 Å². The molecule has 0 saturated carbocycles. The molecule has 0 heterocycles. The van der Waals surface area contributed by atoms with Gasteiger partial charge in [0, 0.05) is 13.7 Å². The fourth-order valence-electron chi connectivity index (χ4n) is 2.71. The van der Waals surface area contributed by atoms with Crippen LogP contribution in [-0.4, -0.2) is 52.5 Å². The minimum atomic E-state index is 0.0599. The highest BCUT2D eigenvalue weighted by atomic mass is 16.5. The lowest BCUT2D eigenvalue weighted by Gasteiger charge is -2.21. The summed E-state index contributed by atoms with van der Waals surface area (Å²) in [6.07, 6.45) is 1.97. The average molecular weight is 343 g/mol. The summed E-state index contributed by atoms with van der Waals surface area (Å²) in [6, 6.07) is 16.5. The maximum atomic E-state index is 6.04. The zero-order valence-corrected chi connectivity index (χ0v) is 15.7. The number of methoxy groups -OCH3 is 2. The third kappa shape index (κ3) is 6.40. The first kappa shape index (κ1) is 19.3. The number of hydrogen-bond acceptors (Lipinski definition) is 4. The fourth-order valence-corrected chi connectivity index (χ4v) is 2.71. The van der Waals surface area contributed by atoms with E-state index in [2.05, 4.69) is 29.2 Å². The van der Waals surface area contributed by atoms with Crippen LogP contribution in [0.5, 0.6) is 11.5 Å². The normalized spacial score (nSPS) is 12.2. The van der Waals surface area contributed by atoms with Gasteiger partial charge in [0.25, 0.3) is 0 Å². The van der Waals surface area contributed by atoms with Crippen molar-refractivity contribution in [2.24, 2.45) is 0 Å². The Hall–Kier alpha value is -2.04. The molecule has 0 radical (unpaired) electrons. The van der Waals surface area contributed by atoms with E-state index in [1.807, 2.05) is 38.4 Å². The van der Waals surface area contributed by atoms with Crippen LogP contribution in [0, 0.1) is 0 Å². The van der Waals surface area contributed by atoms with Crippen molar-refractivity contribution in [2.75, 3.05) is 41.5 Å². The molecular weight excluding hydrogens is 314 g/mol. The van der Waals surface area contributed by atoms with Crippen LogP contribution in [-0.2, 0) is 17.6 Å².